The maximum Gasteiger partial charge on any atom is 0.328 e. The molecule has 0 bridgehead atoms. The molecule has 9 nitrogen and oxygen atoms in total. The molecule has 1 aromatic carbocycles. The van der Waals surface area contributed by atoms with Crippen LogP contribution in [0.15, 0.2) is 23.2 Å². The van der Waals surface area contributed by atoms with Crippen molar-refractivity contribution >= 4 is 52.7 Å². The summed E-state index contributed by atoms with van der Waals surface area (Å²) in [5.74, 6) is -1.51. The largest absolute Gasteiger partial charge is 0.467 e. The number of ether oxygens (including phenoxy) is 1. The molecule has 1 aliphatic heterocycles. The first-order chi connectivity index (χ1) is 16.3. The molecular weight excluding hydrogens is 483 g/mol. The number of nitrogens with zero attached hydrogens (tertiary/aromatic N) is 2. The van der Waals surface area contributed by atoms with Crippen molar-refractivity contribution < 1.29 is 23.9 Å². The Kier molecular flexibility index (Phi) is 11.3. The van der Waals surface area contributed by atoms with E-state index in [1.807, 2.05) is 0 Å². The van der Waals surface area contributed by atoms with Crippen molar-refractivity contribution in [3.8, 4) is 0 Å². The highest BCUT2D eigenvalue weighted by Crippen LogP contribution is 2.24. The summed E-state index contributed by atoms with van der Waals surface area (Å²) in [7, 11) is 2.73. The molecule has 3 amide bonds. The molecule has 34 heavy (non-hydrogen) atoms. The zero-order valence-corrected chi connectivity index (χ0v) is 20.9. The quantitative estimate of drug-likeness (QED) is 0.252. The summed E-state index contributed by atoms with van der Waals surface area (Å²) < 4.78 is 4.82. The summed E-state index contributed by atoms with van der Waals surface area (Å²) in [4.78, 5) is 53.1. The van der Waals surface area contributed by atoms with Gasteiger partial charge >= 0.3 is 5.97 Å². The Bertz CT molecular complexity index is 918. The van der Waals surface area contributed by atoms with Gasteiger partial charge in [-0.05, 0) is 25.0 Å². The predicted octanol–water partition coefficient (Wildman–Crippen LogP) is 2.98. The fourth-order valence-corrected chi connectivity index (χ4v) is 4.02. The number of benzene rings is 1. The van der Waals surface area contributed by atoms with E-state index in [1.54, 1.807) is 18.2 Å². The number of esters is 1. The third kappa shape index (κ3) is 7.99. The lowest BCUT2D eigenvalue weighted by Crippen LogP contribution is -2.48. The number of hydrogen-bond donors (Lipinski definition) is 2. The van der Waals surface area contributed by atoms with Crippen LogP contribution >= 0.6 is 23.2 Å². The first-order valence-electron chi connectivity index (χ1n) is 11.2. The number of aliphatic imine (C=N–C) groups is 1. The van der Waals surface area contributed by atoms with E-state index >= 15 is 0 Å². The standard InChI is InChI=1S/C23H30Cl2N4O5/c1-29-18(30)14-27-20(22(29)32)26-13-8-6-4-3-5-7-12-17(23(33)34-2)28-21(31)19-15(24)10-9-11-16(19)25/h9-11,17H,3-8,12-14H2,1-2H3,(H,26,27)(H,28,31)/t17-/m0/s1. The summed E-state index contributed by atoms with van der Waals surface area (Å²) in [6.07, 6.45) is 5.85. The molecule has 0 saturated carbocycles. The van der Waals surface area contributed by atoms with Gasteiger partial charge in [0, 0.05) is 13.6 Å². The minimum atomic E-state index is -0.784. The topological polar surface area (TPSA) is 117 Å². The van der Waals surface area contributed by atoms with Gasteiger partial charge in [-0.1, -0.05) is 61.4 Å². The SMILES string of the molecule is COC(=O)[C@H](CCCCCCCCNC1=NCC(=O)N(C)C1=O)NC(=O)c1c(Cl)cccc1Cl. The van der Waals surface area contributed by atoms with Crippen molar-refractivity contribution in [1.29, 1.82) is 0 Å². The first-order valence-corrected chi connectivity index (χ1v) is 11.9. The van der Waals surface area contributed by atoms with Crippen LogP contribution in [0.1, 0.15) is 55.3 Å². The lowest BCUT2D eigenvalue weighted by Gasteiger charge is -2.20. The number of unbranched alkanes of at least 4 members (excludes halogenated alkanes) is 5. The van der Waals surface area contributed by atoms with E-state index in [0.717, 1.165) is 43.4 Å². The van der Waals surface area contributed by atoms with Gasteiger partial charge in [0.15, 0.2) is 5.84 Å². The Balaban J connectivity index is 1.66. The number of carbonyl (C=O) groups excluding carboxylic acids is 4. The van der Waals surface area contributed by atoms with E-state index in [4.69, 9.17) is 27.9 Å². The smallest absolute Gasteiger partial charge is 0.328 e. The Morgan fingerprint density at radius 1 is 1.09 bits per heavy atom. The second-order valence-corrected chi connectivity index (χ2v) is 8.72. The van der Waals surface area contributed by atoms with E-state index in [0.29, 0.717) is 13.0 Å². The lowest BCUT2D eigenvalue weighted by molar-refractivity contribution is -0.143. The maximum atomic E-state index is 12.6. The summed E-state index contributed by atoms with van der Waals surface area (Å²) in [5.41, 5.74) is 0.132. The van der Waals surface area contributed by atoms with Crippen LogP contribution in [0.25, 0.3) is 0 Å². The number of hydrogen-bond acceptors (Lipinski definition) is 7. The van der Waals surface area contributed by atoms with E-state index in [-0.39, 0.29) is 33.9 Å². The van der Waals surface area contributed by atoms with Crippen LogP contribution in [0.3, 0.4) is 0 Å². The average Bonchev–Trinajstić information content (AvgIpc) is 2.81. The highest BCUT2D eigenvalue weighted by Gasteiger charge is 2.26. The molecule has 0 radical (unpaired) electrons. The molecule has 0 spiro atoms. The highest BCUT2D eigenvalue weighted by atomic mass is 35.5. The Morgan fingerprint density at radius 3 is 2.35 bits per heavy atom. The van der Waals surface area contributed by atoms with Gasteiger partial charge in [0.05, 0.1) is 22.7 Å². The van der Waals surface area contributed by atoms with Crippen molar-refractivity contribution in [2.45, 2.75) is 51.0 Å². The summed E-state index contributed by atoms with van der Waals surface area (Å²) in [5, 5.41) is 6.09. The zero-order valence-electron chi connectivity index (χ0n) is 19.4. The summed E-state index contributed by atoms with van der Waals surface area (Å²) in [6.45, 7) is 0.594. The third-order valence-corrected chi connectivity index (χ3v) is 6.08. The van der Waals surface area contributed by atoms with Gasteiger partial charge in [-0.2, -0.15) is 0 Å². The molecule has 186 valence electrons. The number of methoxy groups -OCH3 is 1. The molecule has 0 unspecified atom stereocenters. The number of carbonyl (C=O) groups is 4. The number of halogens is 2. The van der Waals surface area contributed by atoms with Crippen molar-refractivity contribution in [2.24, 2.45) is 4.99 Å². The van der Waals surface area contributed by atoms with Crippen LogP contribution in [0.4, 0.5) is 0 Å². The molecule has 0 aliphatic carbocycles. The minimum Gasteiger partial charge on any atom is -0.467 e. The molecule has 0 saturated heterocycles. The monoisotopic (exact) mass is 512 g/mol. The molecule has 1 atom stereocenters. The van der Waals surface area contributed by atoms with Gasteiger partial charge in [0.2, 0.25) is 0 Å². The Hall–Kier alpha value is -2.65. The van der Waals surface area contributed by atoms with Gasteiger partial charge in [0.1, 0.15) is 12.6 Å². The lowest BCUT2D eigenvalue weighted by atomic mass is 10.0. The van der Waals surface area contributed by atoms with Crippen molar-refractivity contribution in [3.05, 3.63) is 33.8 Å². The van der Waals surface area contributed by atoms with Crippen LogP contribution in [-0.4, -0.2) is 67.7 Å². The predicted molar refractivity (Wildman–Crippen MR) is 130 cm³/mol. The van der Waals surface area contributed by atoms with Crippen LogP contribution in [0, 0.1) is 0 Å². The number of imide groups is 1. The normalized spacial score (nSPS) is 14.5. The van der Waals surface area contributed by atoms with Crippen molar-refractivity contribution in [2.75, 3.05) is 27.2 Å². The fourth-order valence-electron chi connectivity index (χ4n) is 3.45. The molecule has 2 N–H and O–H groups in total. The maximum absolute atomic E-state index is 12.6. The van der Waals surface area contributed by atoms with E-state index < -0.39 is 23.8 Å². The van der Waals surface area contributed by atoms with Crippen LogP contribution in [0.2, 0.25) is 10.0 Å². The summed E-state index contributed by atoms with van der Waals surface area (Å²) >= 11 is 12.2. The third-order valence-electron chi connectivity index (χ3n) is 5.45. The fraction of sp³-hybridized carbons (Fsp3) is 0.522. The Morgan fingerprint density at radius 2 is 1.71 bits per heavy atom. The van der Waals surface area contributed by atoms with Crippen LogP contribution in [0.5, 0.6) is 0 Å². The van der Waals surface area contributed by atoms with Gasteiger partial charge < -0.3 is 15.4 Å². The molecular formula is C23H30Cl2N4O5. The zero-order chi connectivity index (χ0) is 25.1. The van der Waals surface area contributed by atoms with E-state index in [2.05, 4.69) is 15.6 Å². The van der Waals surface area contributed by atoms with Gasteiger partial charge in [0.25, 0.3) is 17.7 Å². The van der Waals surface area contributed by atoms with E-state index in [9.17, 15) is 19.2 Å². The second-order valence-electron chi connectivity index (χ2n) is 7.91. The van der Waals surface area contributed by atoms with Crippen molar-refractivity contribution in [3.63, 3.8) is 0 Å². The molecule has 1 aromatic rings. The van der Waals surface area contributed by atoms with E-state index in [1.165, 1.54) is 14.2 Å². The number of nitrogens with one attached hydrogen (secondary N) is 2. The molecule has 0 fully saturated rings. The van der Waals surface area contributed by atoms with Crippen LogP contribution in [-0.2, 0) is 19.1 Å². The molecule has 11 heteroatoms. The number of amides is 3. The van der Waals surface area contributed by atoms with Crippen LogP contribution < -0.4 is 10.6 Å². The second kappa shape index (κ2) is 13.9. The van der Waals surface area contributed by atoms with Crippen molar-refractivity contribution in [1.82, 2.24) is 15.5 Å². The minimum absolute atomic E-state index is 0.0109. The number of amidine groups is 1. The Labute approximate surface area is 209 Å². The highest BCUT2D eigenvalue weighted by molar-refractivity contribution is 6.41. The first kappa shape index (κ1) is 27.6. The van der Waals surface area contributed by atoms with Gasteiger partial charge in [-0.25, -0.2) is 4.79 Å². The number of rotatable bonds is 12. The molecule has 1 aliphatic rings. The van der Waals surface area contributed by atoms with Gasteiger partial charge in [-0.3, -0.25) is 24.3 Å². The van der Waals surface area contributed by atoms with Gasteiger partial charge in [-0.15, -0.1) is 0 Å². The molecule has 1 heterocycles. The average molecular weight is 513 g/mol. The molecule has 0 aromatic heterocycles. The molecule has 2 rings (SSSR count). The number of likely N-dealkylation sites (N-methyl/N-ethyl adjacent to an activating group) is 1. The summed E-state index contributed by atoms with van der Waals surface area (Å²) in [6, 6.07) is 3.98.